The summed E-state index contributed by atoms with van der Waals surface area (Å²) in [5, 5.41) is 8.24. The molecule has 0 aromatic carbocycles. The van der Waals surface area contributed by atoms with E-state index in [4.69, 9.17) is 4.74 Å². The van der Waals surface area contributed by atoms with E-state index in [-0.39, 0.29) is 11.4 Å². The van der Waals surface area contributed by atoms with Crippen molar-refractivity contribution in [1.82, 2.24) is 14.6 Å². The normalized spacial score (nSPS) is 34.7. The molecular formula is C27H40N4O3S. The van der Waals surface area contributed by atoms with Gasteiger partial charge in [0.15, 0.2) is 5.65 Å². The molecule has 6 rings (SSSR count). The third-order valence-corrected chi connectivity index (χ3v) is 10.9. The van der Waals surface area contributed by atoms with Crippen molar-refractivity contribution in [3.8, 4) is 5.75 Å². The van der Waals surface area contributed by atoms with Gasteiger partial charge in [0.05, 0.1) is 5.25 Å². The summed E-state index contributed by atoms with van der Waals surface area (Å²) >= 11 is 0. The molecule has 4 saturated carbocycles. The minimum Gasteiger partial charge on any atom is -0.489 e. The molecule has 0 spiro atoms. The summed E-state index contributed by atoms with van der Waals surface area (Å²) in [5.74, 6) is 5.17. The number of hydrogen-bond acceptors (Lipinski definition) is 5. The number of anilines is 1. The van der Waals surface area contributed by atoms with Crippen molar-refractivity contribution in [3.63, 3.8) is 0 Å². The van der Waals surface area contributed by atoms with Gasteiger partial charge in [-0.25, -0.2) is 8.42 Å². The molecule has 0 saturated heterocycles. The van der Waals surface area contributed by atoms with Gasteiger partial charge in [0.2, 0.25) is 16.0 Å². The van der Waals surface area contributed by atoms with Gasteiger partial charge in [-0.05, 0) is 86.9 Å². The maximum Gasteiger partial charge on any atom is 0.242 e. The van der Waals surface area contributed by atoms with E-state index in [1.165, 1.54) is 56.9 Å². The summed E-state index contributed by atoms with van der Waals surface area (Å²) in [6.07, 6.45) is 13.8. The van der Waals surface area contributed by atoms with Crippen LogP contribution in [0, 0.1) is 29.6 Å². The molecule has 192 valence electrons. The highest BCUT2D eigenvalue weighted by atomic mass is 32.2. The van der Waals surface area contributed by atoms with Crippen LogP contribution in [0.15, 0.2) is 12.3 Å². The number of sulfonamides is 1. The molecule has 2 heterocycles. The predicted octanol–water partition coefficient (Wildman–Crippen LogP) is 5.77. The highest BCUT2D eigenvalue weighted by Crippen LogP contribution is 2.54. The van der Waals surface area contributed by atoms with E-state index in [9.17, 15) is 8.42 Å². The molecule has 4 fully saturated rings. The van der Waals surface area contributed by atoms with Crippen LogP contribution in [0.1, 0.15) is 96.5 Å². The van der Waals surface area contributed by atoms with E-state index < -0.39 is 10.0 Å². The summed E-state index contributed by atoms with van der Waals surface area (Å²) in [6, 6.07) is 2.01. The molecule has 2 bridgehead atoms. The molecule has 4 aliphatic carbocycles. The number of nitrogens with one attached hydrogen (secondary N) is 1. The van der Waals surface area contributed by atoms with Crippen molar-refractivity contribution in [2.24, 2.45) is 29.6 Å². The number of hydrogen-bond donors (Lipinski definition) is 1. The summed E-state index contributed by atoms with van der Waals surface area (Å²) < 4.78 is 36.6. The van der Waals surface area contributed by atoms with E-state index in [0.29, 0.717) is 35.3 Å². The van der Waals surface area contributed by atoms with Crippen LogP contribution in [0.2, 0.25) is 0 Å². The lowest BCUT2D eigenvalue weighted by molar-refractivity contribution is -0.0162. The standard InChI is InChI=1S/C27H40N4O3S/c1-4-5-6-19-13-22(19)23-15-31-25(28-29-27(31)30-35(32,33)21-7-8-21)14-24(23)34-26-17(3)11-18-9-16(2)10-20(26)12-18/h14-22,26H,4-13H2,1-3H3,(H,29,30). The summed E-state index contributed by atoms with van der Waals surface area (Å²) in [7, 11) is -3.40. The molecule has 0 aliphatic heterocycles. The van der Waals surface area contributed by atoms with E-state index >= 15 is 0 Å². The number of nitrogens with zero attached hydrogens (tertiary/aromatic N) is 3. The lowest BCUT2D eigenvalue weighted by Crippen LogP contribution is -2.44. The van der Waals surface area contributed by atoms with Gasteiger partial charge in [-0.15, -0.1) is 10.2 Å². The zero-order valence-corrected chi connectivity index (χ0v) is 22.1. The molecule has 4 aliphatic rings. The Labute approximate surface area is 209 Å². The number of unbranched alkanes of at least 4 members (excludes halogenated alkanes) is 1. The lowest BCUT2D eigenvalue weighted by Gasteiger charge is -2.46. The number of pyridine rings is 1. The monoisotopic (exact) mass is 500 g/mol. The first-order valence-electron chi connectivity index (χ1n) is 13.9. The number of rotatable bonds is 9. The first-order chi connectivity index (χ1) is 16.8. The Balaban J connectivity index is 1.33. The molecule has 2 aromatic heterocycles. The fraction of sp³-hybridized carbons (Fsp3) is 0.778. The van der Waals surface area contributed by atoms with E-state index in [1.54, 1.807) is 0 Å². The zero-order chi connectivity index (χ0) is 24.3. The van der Waals surface area contributed by atoms with Crippen LogP contribution in [0.25, 0.3) is 5.65 Å². The largest absolute Gasteiger partial charge is 0.489 e. The minimum atomic E-state index is -3.40. The second kappa shape index (κ2) is 8.93. The van der Waals surface area contributed by atoms with Gasteiger partial charge >= 0.3 is 0 Å². The van der Waals surface area contributed by atoms with Gasteiger partial charge in [-0.2, -0.15) is 0 Å². The average Bonchev–Trinajstić information content (AvgIpc) is 3.72. The van der Waals surface area contributed by atoms with Crippen LogP contribution in [0.5, 0.6) is 5.75 Å². The van der Waals surface area contributed by atoms with Crippen LogP contribution in [0.4, 0.5) is 5.95 Å². The van der Waals surface area contributed by atoms with Gasteiger partial charge < -0.3 is 4.74 Å². The molecule has 7 nitrogen and oxygen atoms in total. The molecular weight excluding hydrogens is 460 g/mol. The van der Waals surface area contributed by atoms with Crippen LogP contribution in [0.3, 0.4) is 0 Å². The molecule has 0 radical (unpaired) electrons. The maximum atomic E-state index is 12.6. The Morgan fingerprint density at radius 1 is 1.11 bits per heavy atom. The first kappa shape index (κ1) is 23.6. The third-order valence-electron chi connectivity index (χ3n) is 9.05. The molecule has 35 heavy (non-hydrogen) atoms. The van der Waals surface area contributed by atoms with Crippen molar-refractivity contribution in [2.75, 3.05) is 4.72 Å². The van der Waals surface area contributed by atoms with Gasteiger partial charge in [-0.1, -0.05) is 33.6 Å². The molecule has 8 heteroatoms. The average molecular weight is 501 g/mol. The Morgan fingerprint density at radius 3 is 2.71 bits per heavy atom. The van der Waals surface area contributed by atoms with Crippen molar-refractivity contribution in [1.29, 1.82) is 0 Å². The predicted molar refractivity (Wildman–Crippen MR) is 137 cm³/mol. The summed E-state index contributed by atoms with van der Waals surface area (Å²) in [6.45, 7) is 7.00. The number of aromatic nitrogens is 3. The minimum absolute atomic E-state index is 0.235. The van der Waals surface area contributed by atoms with Crippen molar-refractivity contribution in [2.45, 2.75) is 102 Å². The van der Waals surface area contributed by atoms with Crippen LogP contribution in [-0.2, 0) is 10.0 Å². The van der Waals surface area contributed by atoms with Crippen molar-refractivity contribution in [3.05, 3.63) is 17.8 Å². The number of ether oxygens (including phenoxy) is 1. The first-order valence-corrected chi connectivity index (χ1v) is 15.4. The Kier molecular flexibility index (Phi) is 6.01. The molecule has 7 unspecified atom stereocenters. The van der Waals surface area contributed by atoms with E-state index in [1.807, 2.05) is 10.5 Å². The summed E-state index contributed by atoms with van der Waals surface area (Å²) in [5.41, 5.74) is 1.84. The smallest absolute Gasteiger partial charge is 0.242 e. The fourth-order valence-corrected chi connectivity index (χ4v) is 8.45. The molecule has 1 N–H and O–H groups in total. The highest BCUT2D eigenvalue weighted by molar-refractivity contribution is 7.93. The lowest BCUT2D eigenvalue weighted by atomic mass is 9.64. The van der Waals surface area contributed by atoms with Crippen molar-refractivity contribution >= 4 is 21.6 Å². The van der Waals surface area contributed by atoms with Gasteiger partial charge in [-0.3, -0.25) is 9.12 Å². The Bertz CT molecular complexity index is 1190. The number of fused-ring (bicyclic) bond motifs is 3. The quantitative estimate of drug-likeness (QED) is 0.473. The van der Waals surface area contributed by atoms with Crippen LogP contribution < -0.4 is 9.46 Å². The van der Waals surface area contributed by atoms with Gasteiger partial charge in [0.25, 0.3) is 0 Å². The van der Waals surface area contributed by atoms with Crippen molar-refractivity contribution < 1.29 is 13.2 Å². The van der Waals surface area contributed by atoms with Gasteiger partial charge in [0.1, 0.15) is 11.9 Å². The topological polar surface area (TPSA) is 85.6 Å². The maximum absolute atomic E-state index is 12.6. The van der Waals surface area contributed by atoms with Gasteiger partial charge in [0, 0.05) is 17.8 Å². The second-order valence-electron chi connectivity index (χ2n) is 12.2. The Morgan fingerprint density at radius 2 is 1.94 bits per heavy atom. The molecule has 7 atom stereocenters. The van der Waals surface area contributed by atoms with Crippen LogP contribution in [-0.4, -0.2) is 34.4 Å². The zero-order valence-electron chi connectivity index (χ0n) is 21.3. The van der Waals surface area contributed by atoms with E-state index in [0.717, 1.165) is 30.4 Å². The van der Waals surface area contributed by atoms with Crippen LogP contribution >= 0.6 is 0 Å². The third kappa shape index (κ3) is 4.67. The Hall–Kier alpha value is -1.83. The highest BCUT2D eigenvalue weighted by Gasteiger charge is 2.44. The molecule has 0 amide bonds. The van der Waals surface area contributed by atoms with E-state index in [2.05, 4.69) is 41.9 Å². The second-order valence-corrected chi connectivity index (χ2v) is 14.1. The molecule has 2 aromatic rings. The SMILES string of the molecule is CCCCC1CC1c1cn2c(NS(=O)(=O)C3CC3)nnc2cc1OC1C(C)CC2CC(C)CC1C2. The summed E-state index contributed by atoms with van der Waals surface area (Å²) in [4.78, 5) is 0. The fourth-order valence-electron chi connectivity index (χ4n) is 7.13.